The van der Waals surface area contributed by atoms with Gasteiger partial charge in [-0.1, -0.05) is 42.0 Å². The zero-order valence-electron chi connectivity index (χ0n) is 14.9. The summed E-state index contributed by atoms with van der Waals surface area (Å²) in [6.45, 7) is 5.95. The Balaban J connectivity index is 0.00000312. The Bertz CT molecular complexity index is 535. The van der Waals surface area contributed by atoms with Crippen LogP contribution in [0.25, 0.3) is 0 Å². The fourth-order valence-electron chi connectivity index (χ4n) is 2.67. The van der Waals surface area contributed by atoms with Crippen molar-refractivity contribution in [2.75, 3.05) is 39.5 Å². The number of hydrogen-bond donors (Lipinski definition) is 3. The van der Waals surface area contributed by atoms with E-state index in [9.17, 15) is 5.11 Å². The highest BCUT2D eigenvalue weighted by Crippen LogP contribution is 2.15. The lowest BCUT2D eigenvalue weighted by Gasteiger charge is -2.17. The van der Waals surface area contributed by atoms with E-state index >= 15 is 0 Å². The first-order chi connectivity index (χ1) is 11.8. The summed E-state index contributed by atoms with van der Waals surface area (Å²) in [4.78, 5) is 4.63. The van der Waals surface area contributed by atoms with Crippen LogP contribution in [0.5, 0.6) is 0 Å². The Kier molecular flexibility index (Phi) is 11.5. The van der Waals surface area contributed by atoms with E-state index in [1.54, 1.807) is 0 Å². The molecule has 0 spiro atoms. The molecule has 1 aliphatic heterocycles. The van der Waals surface area contributed by atoms with Crippen LogP contribution in [0.2, 0.25) is 0 Å². The van der Waals surface area contributed by atoms with Crippen molar-refractivity contribution >= 4 is 29.9 Å². The Morgan fingerprint density at radius 3 is 2.72 bits per heavy atom. The fraction of sp³-hybridized carbons (Fsp3) is 0.526. The zero-order valence-corrected chi connectivity index (χ0v) is 17.2. The Hall–Kier alpha value is -1.12. The number of hydrogen-bond acceptors (Lipinski definition) is 3. The van der Waals surface area contributed by atoms with Gasteiger partial charge in [-0.3, -0.25) is 4.99 Å². The molecular formula is C19H30IN3O2. The van der Waals surface area contributed by atoms with Crippen molar-refractivity contribution in [1.82, 2.24) is 10.6 Å². The van der Waals surface area contributed by atoms with Crippen molar-refractivity contribution in [1.29, 1.82) is 0 Å². The number of rotatable bonds is 8. The standard InChI is InChI=1S/C19H29N3O2.HI/c1-2-20-19(21-11-8-16-9-12-24-13-10-16)22-14-18(15-23)17-6-4-3-5-7-17;/h3-7,9,18,23H,2,8,10-15H2,1H3,(H2,20,21,22);1H. The highest BCUT2D eigenvalue weighted by molar-refractivity contribution is 14.0. The van der Waals surface area contributed by atoms with Crippen LogP contribution in [0, 0.1) is 0 Å². The van der Waals surface area contributed by atoms with Crippen molar-refractivity contribution in [2.45, 2.75) is 25.7 Å². The number of halogens is 1. The molecule has 1 unspecified atom stereocenters. The molecule has 0 bridgehead atoms. The summed E-state index contributed by atoms with van der Waals surface area (Å²) in [7, 11) is 0. The number of nitrogens with one attached hydrogen (secondary N) is 2. The number of aliphatic hydroxyl groups excluding tert-OH is 1. The van der Waals surface area contributed by atoms with E-state index < -0.39 is 0 Å². The van der Waals surface area contributed by atoms with E-state index in [2.05, 4.69) is 28.6 Å². The summed E-state index contributed by atoms with van der Waals surface area (Å²) in [5, 5.41) is 16.3. The second-order valence-electron chi connectivity index (χ2n) is 5.87. The first-order valence-electron chi connectivity index (χ1n) is 8.77. The summed E-state index contributed by atoms with van der Waals surface area (Å²) in [5.74, 6) is 0.833. The van der Waals surface area contributed by atoms with Crippen LogP contribution in [0.15, 0.2) is 47.0 Å². The van der Waals surface area contributed by atoms with Crippen LogP contribution >= 0.6 is 24.0 Å². The SMILES string of the molecule is CCNC(=NCC(CO)c1ccccc1)NCCC1=CCOCC1.I. The topological polar surface area (TPSA) is 65.9 Å². The van der Waals surface area contributed by atoms with E-state index in [4.69, 9.17) is 4.74 Å². The third-order valence-corrected chi connectivity index (χ3v) is 4.10. The van der Waals surface area contributed by atoms with Crippen LogP contribution < -0.4 is 10.6 Å². The number of aliphatic hydroxyl groups is 1. The second-order valence-corrected chi connectivity index (χ2v) is 5.87. The molecule has 140 valence electrons. The highest BCUT2D eigenvalue weighted by atomic mass is 127. The Morgan fingerprint density at radius 2 is 2.08 bits per heavy atom. The van der Waals surface area contributed by atoms with E-state index in [-0.39, 0.29) is 36.5 Å². The van der Waals surface area contributed by atoms with Gasteiger partial charge in [-0.2, -0.15) is 0 Å². The molecule has 0 saturated heterocycles. The van der Waals surface area contributed by atoms with Gasteiger partial charge in [0.05, 0.1) is 26.4 Å². The van der Waals surface area contributed by atoms with E-state index in [0.717, 1.165) is 50.7 Å². The first kappa shape index (κ1) is 21.9. The summed E-state index contributed by atoms with van der Waals surface area (Å²) in [5.41, 5.74) is 2.56. The minimum atomic E-state index is 0. The van der Waals surface area contributed by atoms with Crippen LogP contribution in [-0.2, 0) is 4.74 Å². The quantitative estimate of drug-likeness (QED) is 0.242. The molecule has 5 nitrogen and oxygen atoms in total. The maximum atomic E-state index is 9.64. The molecule has 0 amide bonds. The smallest absolute Gasteiger partial charge is 0.191 e. The van der Waals surface area contributed by atoms with Gasteiger partial charge >= 0.3 is 0 Å². The predicted octanol–water partition coefficient (Wildman–Crippen LogP) is 2.67. The van der Waals surface area contributed by atoms with Gasteiger partial charge < -0.3 is 20.5 Å². The molecule has 0 radical (unpaired) electrons. The lowest BCUT2D eigenvalue weighted by Crippen LogP contribution is -2.38. The second kappa shape index (κ2) is 13.1. The molecule has 3 N–H and O–H groups in total. The fourth-order valence-corrected chi connectivity index (χ4v) is 2.67. The van der Waals surface area contributed by atoms with Gasteiger partial charge in [0, 0.05) is 19.0 Å². The largest absolute Gasteiger partial charge is 0.396 e. The average molecular weight is 459 g/mol. The number of nitrogens with zero attached hydrogens (tertiary/aromatic N) is 1. The maximum Gasteiger partial charge on any atom is 0.191 e. The molecule has 0 aliphatic carbocycles. The van der Waals surface area contributed by atoms with Crippen LogP contribution in [0.3, 0.4) is 0 Å². The average Bonchev–Trinajstić information content (AvgIpc) is 2.64. The lowest BCUT2D eigenvalue weighted by atomic mass is 10.0. The van der Waals surface area contributed by atoms with Gasteiger partial charge in [0.25, 0.3) is 0 Å². The minimum Gasteiger partial charge on any atom is -0.396 e. The molecule has 0 aromatic heterocycles. The van der Waals surface area contributed by atoms with Gasteiger partial charge in [-0.05, 0) is 25.3 Å². The molecule has 1 atom stereocenters. The normalized spacial score (nSPS) is 15.8. The van der Waals surface area contributed by atoms with Gasteiger partial charge in [-0.15, -0.1) is 24.0 Å². The van der Waals surface area contributed by atoms with Crippen LogP contribution in [-0.4, -0.2) is 50.5 Å². The zero-order chi connectivity index (χ0) is 17.0. The number of aliphatic imine (C=N–C) groups is 1. The van der Waals surface area contributed by atoms with E-state index in [1.165, 1.54) is 5.57 Å². The molecule has 6 heteroatoms. The van der Waals surface area contributed by atoms with Crippen LogP contribution in [0.4, 0.5) is 0 Å². The number of guanidine groups is 1. The van der Waals surface area contributed by atoms with Gasteiger partial charge in [0.1, 0.15) is 0 Å². The molecule has 25 heavy (non-hydrogen) atoms. The summed E-state index contributed by atoms with van der Waals surface area (Å²) in [6, 6.07) is 10.0. The minimum absolute atomic E-state index is 0. The Morgan fingerprint density at radius 1 is 1.28 bits per heavy atom. The van der Waals surface area contributed by atoms with Crippen molar-refractivity contribution in [3.05, 3.63) is 47.5 Å². The van der Waals surface area contributed by atoms with Gasteiger partial charge in [0.15, 0.2) is 5.96 Å². The van der Waals surface area contributed by atoms with Crippen molar-refractivity contribution < 1.29 is 9.84 Å². The highest BCUT2D eigenvalue weighted by Gasteiger charge is 2.10. The van der Waals surface area contributed by atoms with Gasteiger partial charge in [-0.25, -0.2) is 0 Å². The Labute approximate surface area is 168 Å². The molecular weight excluding hydrogens is 429 g/mol. The van der Waals surface area contributed by atoms with E-state index in [1.807, 2.05) is 30.3 Å². The lowest BCUT2D eigenvalue weighted by molar-refractivity contribution is 0.153. The number of ether oxygens (including phenoxy) is 1. The predicted molar refractivity (Wildman–Crippen MR) is 114 cm³/mol. The van der Waals surface area contributed by atoms with Crippen molar-refractivity contribution in [3.63, 3.8) is 0 Å². The summed E-state index contributed by atoms with van der Waals surface area (Å²) < 4.78 is 5.33. The van der Waals surface area contributed by atoms with Crippen molar-refractivity contribution in [2.24, 2.45) is 4.99 Å². The first-order valence-corrected chi connectivity index (χ1v) is 8.77. The third-order valence-electron chi connectivity index (χ3n) is 4.10. The molecule has 0 fully saturated rings. The van der Waals surface area contributed by atoms with Crippen LogP contribution in [0.1, 0.15) is 31.2 Å². The monoisotopic (exact) mass is 459 g/mol. The molecule has 2 rings (SSSR count). The molecule has 1 aromatic carbocycles. The molecule has 1 aliphatic rings. The van der Waals surface area contributed by atoms with E-state index in [0.29, 0.717) is 6.54 Å². The van der Waals surface area contributed by atoms with Crippen molar-refractivity contribution in [3.8, 4) is 0 Å². The molecule has 0 saturated carbocycles. The number of benzene rings is 1. The molecule has 1 aromatic rings. The summed E-state index contributed by atoms with van der Waals surface area (Å²) in [6.07, 6.45) is 4.21. The third kappa shape index (κ3) is 8.20. The van der Waals surface area contributed by atoms with Gasteiger partial charge in [0.2, 0.25) is 0 Å². The molecule has 1 heterocycles. The maximum absolute atomic E-state index is 9.64. The summed E-state index contributed by atoms with van der Waals surface area (Å²) >= 11 is 0.